The molecule has 0 aliphatic carbocycles. The first-order valence-electron chi connectivity index (χ1n) is 6.67. The molecule has 0 aliphatic heterocycles. The van der Waals surface area contributed by atoms with Crippen LogP contribution in [0.2, 0.25) is 0 Å². The molecule has 0 fully saturated rings. The Morgan fingerprint density at radius 2 is 1.95 bits per heavy atom. The lowest BCUT2D eigenvalue weighted by atomic mass is 9.95. The van der Waals surface area contributed by atoms with Crippen molar-refractivity contribution in [2.24, 2.45) is 0 Å². The van der Waals surface area contributed by atoms with Crippen molar-refractivity contribution in [2.45, 2.75) is 19.3 Å². The summed E-state index contributed by atoms with van der Waals surface area (Å²) < 4.78 is 0. The van der Waals surface area contributed by atoms with Crippen LogP contribution in [0.4, 0.5) is 5.69 Å². The number of carbonyl (C=O) groups excluding carboxylic acids is 1. The number of nitrogens with zero attached hydrogens (tertiary/aromatic N) is 1. The lowest BCUT2D eigenvalue weighted by Crippen LogP contribution is -2.21. The summed E-state index contributed by atoms with van der Waals surface area (Å²) in [5.74, 6) is -1.56. The second-order valence-electron chi connectivity index (χ2n) is 4.60. The third-order valence-corrected chi connectivity index (χ3v) is 3.17. The van der Waals surface area contributed by atoms with Gasteiger partial charge in [0.1, 0.15) is 5.69 Å². The Bertz CT molecular complexity index is 641. The van der Waals surface area contributed by atoms with Gasteiger partial charge in [-0.2, -0.15) is 0 Å². The quantitative estimate of drug-likeness (QED) is 0.884. The lowest BCUT2D eigenvalue weighted by molar-refractivity contribution is -0.117. The average molecular weight is 284 g/mol. The van der Waals surface area contributed by atoms with Crippen molar-refractivity contribution in [3.8, 4) is 0 Å². The first-order valence-corrected chi connectivity index (χ1v) is 6.67. The van der Waals surface area contributed by atoms with Crippen LogP contribution in [0.5, 0.6) is 0 Å². The van der Waals surface area contributed by atoms with E-state index in [4.69, 9.17) is 5.11 Å². The second-order valence-corrected chi connectivity index (χ2v) is 4.60. The number of hydrogen-bond acceptors (Lipinski definition) is 3. The number of hydrogen-bond donors (Lipinski definition) is 2. The van der Waals surface area contributed by atoms with E-state index < -0.39 is 5.97 Å². The van der Waals surface area contributed by atoms with Crippen molar-refractivity contribution in [3.05, 3.63) is 59.9 Å². The summed E-state index contributed by atoms with van der Waals surface area (Å²) in [5, 5.41) is 11.6. The van der Waals surface area contributed by atoms with Crippen LogP contribution in [0.3, 0.4) is 0 Å². The van der Waals surface area contributed by atoms with Crippen LogP contribution < -0.4 is 5.32 Å². The molecule has 1 amide bonds. The van der Waals surface area contributed by atoms with Gasteiger partial charge in [0.05, 0.1) is 5.92 Å². The number of aromatic carboxylic acids is 1. The van der Waals surface area contributed by atoms with E-state index in [1.54, 1.807) is 6.07 Å². The Morgan fingerprint density at radius 1 is 1.24 bits per heavy atom. The van der Waals surface area contributed by atoms with Crippen molar-refractivity contribution in [2.75, 3.05) is 5.32 Å². The molecule has 1 aromatic carbocycles. The maximum absolute atomic E-state index is 12.3. The predicted octanol–water partition coefficient (Wildman–Crippen LogP) is 2.91. The standard InChI is InChI=1S/C16H16N2O3/c1-2-13(11-6-4-3-5-7-11)15(19)18-12-8-9-17-14(10-12)16(20)21/h3-10,13H,2H2,1H3,(H,20,21)(H,17,18,19). The normalized spacial score (nSPS) is 11.7. The van der Waals surface area contributed by atoms with E-state index >= 15 is 0 Å². The minimum atomic E-state index is -1.12. The van der Waals surface area contributed by atoms with Crippen LogP contribution in [-0.2, 0) is 4.79 Å². The van der Waals surface area contributed by atoms with Gasteiger partial charge in [-0.25, -0.2) is 9.78 Å². The molecule has 0 radical (unpaired) electrons. The van der Waals surface area contributed by atoms with Crippen LogP contribution in [0.15, 0.2) is 48.7 Å². The number of carbonyl (C=O) groups is 2. The Hall–Kier alpha value is -2.69. The molecular formula is C16H16N2O3. The van der Waals surface area contributed by atoms with Gasteiger partial charge in [-0.1, -0.05) is 37.3 Å². The summed E-state index contributed by atoms with van der Waals surface area (Å²) in [6, 6.07) is 12.4. The van der Waals surface area contributed by atoms with Crippen molar-refractivity contribution < 1.29 is 14.7 Å². The van der Waals surface area contributed by atoms with Crippen LogP contribution in [0.25, 0.3) is 0 Å². The van der Waals surface area contributed by atoms with E-state index in [0.29, 0.717) is 12.1 Å². The monoisotopic (exact) mass is 284 g/mol. The number of pyridine rings is 1. The fourth-order valence-corrected chi connectivity index (χ4v) is 2.11. The molecular weight excluding hydrogens is 268 g/mol. The SMILES string of the molecule is CCC(C(=O)Nc1ccnc(C(=O)O)c1)c1ccccc1. The van der Waals surface area contributed by atoms with Crippen LogP contribution in [0, 0.1) is 0 Å². The number of anilines is 1. The number of carboxylic acid groups (broad SMARTS) is 1. The second kappa shape index (κ2) is 6.65. The number of aromatic nitrogens is 1. The molecule has 108 valence electrons. The number of amides is 1. The predicted molar refractivity (Wildman–Crippen MR) is 79.3 cm³/mol. The van der Waals surface area contributed by atoms with Gasteiger partial charge in [0.15, 0.2) is 0 Å². The van der Waals surface area contributed by atoms with E-state index in [0.717, 1.165) is 5.56 Å². The Kier molecular flexibility index (Phi) is 4.66. The summed E-state index contributed by atoms with van der Waals surface area (Å²) >= 11 is 0. The Morgan fingerprint density at radius 3 is 2.57 bits per heavy atom. The molecule has 2 aromatic rings. The molecule has 0 saturated carbocycles. The van der Waals surface area contributed by atoms with Crippen molar-refractivity contribution in [1.82, 2.24) is 4.98 Å². The molecule has 1 atom stereocenters. The number of benzene rings is 1. The number of carboxylic acids is 1. The highest BCUT2D eigenvalue weighted by atomic mass is 16.4. The maximum Gasteiger partial charge on any atom is 0.354 e. The van der Waals surface area contributed by atoms with E-state index in [1.807, 2.05) is 37.3 Å². The van der Waals surface area contributed by atoms with Gasteiger partial charge in [0.25, 0.3) is 0 Å². The van der Waals surface area contributed by atoms with Crippen molar-refractivity contribution >= 4 is 17.6 Å². The largest absolute Gasteiger partial charge is 0.477 e. The van der Waals surface area contributed by atoms with Gasteiger partial charge in [-0.05, 0) is 24.1 Å². The molecule has 0 saturated heterocycles. The minimum absolute atomic E-state index is 0.0967. The van der Waals surface area contributed by atoms with E-state index in [9.17, 15) is 9.59 Å². The zero-order valence-electron chi connectivity index (χ0n) is 11.6. The fraction of sp³-hybridized carbons (Fsp3) is 0.188. The van der Waals surface area contributed by atoms with Gasteiger partial charge < -0.3 is 10.4 Å². The summed E-state index contributed by atoms with van der Waals surface area (Å²) in [6.45, 7) is 1.94. The van der Waals surface area contributed by atoms with Gasteiger partial charge in [-0.15, -0.1) is 0 Å². The number of nitrogens with one attached hydrogen (secondary N) is 1. The first-order chi connectivity index (χ1) is 10.1. The minimum Gasteiger partial charge on any atom is -0.477 e. The molecule has 0 aliphatic rings. The molecule has 0 bridgehead atoms. The highest BCUT2D eigenvalue weighted by Gasteiger charge is 2.18. The van der Waals surface area contributed by atoms with Crippen LogP contribution >= 0.6 is 0 Å². The Labute approximate surface area is 122 Å². The van der Waals surface area contributed by atoms with Gasteiger partial charge in [0, 0.05) is 11.9 Å². The summed E-state index contributed by atoms with van der Waals surface area (Å²) in [5.41, 5.74) is 1.27. The van der Waals surface area contributed by atoms with Gasteiger partial charge in [-0.3, -0.25) is 4.79 Å². The number of rotatable bonds is 5. The third kappa shape index (κ3) is 3.66. The first kappa shape index (κ1) is 14.7. The molecule has 1 unspecified atom stereocenters. The zero-order valence-corrected chi connectivity index (χ0v) is 11.6. The van der Waals surface area contributed by atoms with Gasteiger partial charge in [0.2, 0.25) is 5.91 Å². The highest BCUT2D eigenvalue weighted by molar-refractivity contribution is 5.96. The average Bonchev–Trinajstić information content (AvgIpc) is 2.49. The summed E-state index contributed by atoms with van der Waals surface area (Å²) in [7, 11) is 0. The summed E-state index contributed by atoms with van der Waals surface area (Å²) in [4.78, 5) is 26.9. The third-order valence-electron chi connectivity index (χ3n) is 3.17. The molecule has 1 aromatic heterocycles. The van der Waals surface area contributed by atoms with Gasteiger partial charge >= 0.3 is 5.97 Å². The molecule has 2 rings (SSSR count). The molecule has 5 heteroatoms. The lowest BCUT2D eigenvalue weighted by Gasteiger charge is -2.15. The van der Waals surface area contributed by atoms with Crippen molar-refractivity contribution in [3.63, 3.8) is 0 Å². The molecule has 1 heterocycles. The topological polar surface area (TPSA) is 79.3 Å². The fourth-order valence-electron chi connectivity index (χ4n) is 2.11. The van der Waals surface area contributed by atoms with E-state index in [2.05, 4.69) is 10.3 Å². The maximum atomic E-state index is 12.3. The van der Waals surface area contributed by atoms with E-state index in [-0.39, 0.29) is 17.5 Å². The van der Waals surface area contributed by atoms with E-state index in [1.165, 1.54) is 12.3 Å². The molecule has 0 spiro atoms. The van der Waals surface area contributed by atoms with Crippen LogP contribution in [-0.4, -0.2) is 22.0 Å². The van der Waals surface area contributed by atoms with Crippen LogP contribution in [0.1, 0.15) is 35.3 Å². The zero-order chi connectivity index (χ0) is 15.2. The smallest absolute Gasteiger partial charge is 0.354 e. The summed E-state index contributed by atoms with van der Waals surface area (Å²) in [6.07, 6.45) is 2.02. The molecule has 2 N–H and O–H groups in total. The van der Waals surface area contributed by atoms with Crippen molar-refractivity contribution in [1.29, 1.82) is 0 Å². The molecule has 5 nitrogen and oxygen atoms in total. The highest BCUT2D eigenvalue weighted by Crippen LogP contribution is 2.21. The Balaban J connectivity index is 2.16. The molecule has 21 heavy (non-hydrogen) atoms.